The topological polar surface area (TPSA) is 69.6 Å². The minimum atomic E-state index is -0.950. The van der Waals surface area contributed by atoms with Gasteiger partial charge in [-0.05, 0) is 25.2 Å². The number of carbonyl (C=O) groups is 2. The molecule has 2 amide bonds. The second-order valence-electron chi connectivity index (χ2n) is 4.66. The molecule has 0 aromatic rings. The second kappa shape index (κ2) is 7.14. The number of hydrogen-bond acceptors (Lipinski definition) is 2. The number of unbranched alkanes of at least 4 members (excludes halogenated alkanes) is 2. The van der Waals surface area contributed by atoms with Crippen LogP contribution in [0.2, 0.25) is 0 Å². The van der Waals surface area contributed by atoms with Crippen molar-refractivity contribution in [2.45, 2.75) is 39.0 Å². The lowest BCUT2D eigenvalue weighted by atomic mass is 10.2. The Labute approximate surface area is 102 Å². The molecule has 0 aromatic heterocycles. The highest BCUT2D eigenvalue weighted by molar-refractivity contribution is 5.80. The van der Waals surface area contributed by atoms with Crippen LogP contribution in [0.4, 0.5) is 4.79 Å². The number of carboxylic acid groups (broad SMARTS) is 1. The maximum atomic E-state index is 11.8. The zero-order valence-electron chi connectivity index (χ0n) is 10.4. The average Bonchev–Trinajstić information content (AvgIpc) is 3.06. The van der Waals surface area contributed by atoms with Crippen molar-refractivity contribution in [3.05, 3.63) is 0 Å². The molecule has 0 radical (unpaired) electrons. The van der Waals surface area contributed by atoms with Gasteiger partial charge in [0.25, 0.3) is 0 Å². The molecule has 98 valence electrons. The van der Waals surface area contributed by atoms with Crippen molar-refractivity contribution in [3.63, 3.8) is 0 Å². The van der Waals surface area contributed by atoms with E-state index in [9.17, 15) is 9.59 Å². The summed E-state index contributed by atoms with van der Waals surface area (Å²) in [5, 5.41) is 11.5. The molecule has 1 saturated carbocycles. The zero-order valence-corrected chi connectivity index (χ0v) is 10.4. The van der Waals surface area contributed by atoms with Crippen LogP contribution in [0.25, 0.3) is 0 Å². The van der Waals surface area contributed by atoms with Crippen molar-refractivity contribution in [2.75, 3.05) is 19.6 Å². The van der Waals surface area contributed by atoms with Crippen LogP contribution in [0.5, 0.6) is 0 Å². The van der Waals surface area contributed by atoms with Crippen LogP contribution >= 0.6 is 0 Å². The van der Waals surface area contributed by atoms with Crippen LogP contribution in [0, 0.1) is 5.92 Å². The van der Waals surface area contributed by atoms with Crippen molar-refractivity contribution in [1.82, 2.24) is 10.2 Å². The minimum absolute atomic E-state index is 0.198. The highest BCUT2D eigenvalue weighted by Crippen LogP contribution is 2.29. The van der Waals surface area contributed by atoms with E-state index < -0.39 is 5.97 Å². The molecule has 1 fully saturated rings. The van der Waals surface area contributed by atoms with E-state index in [-0.39, 0.29) is 12.6 Å². The quantitative estimate of drug-likeness (QED) is 0.636. The Morgan fingerprint density at radius 3 is 2.59 bits per heavy atom. The predicted molar refractivity (Wildman–Crippen MR) is 64.9 cm³/mol. The molecule has 0 saturated heterocycles. The fourth-order valence-electron chi connectivity index (χ4n) is 1.68. The first-order valence-corrected chi connectivity index (χ1v) is 6.38. The third kappa shape index (κ3) is 6.14. The van der Waals surface area contributed by atoms with Crippen molar-refractivity contribution in [1.29, 1.82) is 0 Å². The average molecular weight is 242 g/mol. The number of urea groups is 1. The Bertz CT molecular complexity index is 264. The van der Waals surface area contributed by atoms with Crippen LogP contribution in [0.15, 0.2) is 0 Å². The van der Waals surface area contributed by atoms with Crippen LogP contribution < -0.4 is 5.32 Å². The Morgan fingerprint density at radius 2 is 2.06 bits per heavy atom. The van der Waals surface area contributed by atoms with E-state index in [1.807, 2.05) is 0 Å². The van der Waals surface area contributed by atoms with Gasteiger partial charge in [0.2, 0.25) is 0 Å². The third-order valence-corrected chi connectivity index (χ3v) is 2.85. The van der Waals surface area contributed by atoms with Gasteiger partial charge < -0.3 is 15.3 Å². The number of nitrogens with zero attached hydrogens (tertiary/aromatic N) is 1. The van der Waals surface area contributed by atoms with E-state index in [2.05, 4.69) is 12.2 Å². The molecular weight excluding hydrogens is 220 g/mol. The molecule has 5 nitrogen and oxygen atoms in total. The van der Waals surface area contributed by atoms with E-state index in [4.69, 9.17) is 5.11 Å². The smallest absolute Gasteiger partial charge is 0.323 e. The van der Waals surface area contributed by atoms with Gasteiger partial charge in [0.15, 0.2) is 0 Å². The SMILES string of the molecule is CCCCCNC(=O)N(CC(=O)O)CC1CC1. The predicted octanol–water partition coefficient (Wildman–Crippen LogP) is 1.68. The van der Waals surface area contributed by atoms with E-state index in [1.54, 1.807) is 0 Å². The molecule has 5 heteroatoms. The Kier molecular flexibility index (Phi) is 5.80. The van der Waals surface area contributed by atoms with Gasteiger partial charge in [0.05, 0.1) is 0 Å². The molecule has 1 aliphatic rings. The standard InChI is InChI=1S/C12H22N2O3/c1-2-3-4-7-13-12(17)14(9-11(15)16)8-10-5-6-10/h10H,2-9H2,1H3,(H,13,17)(H,15,16). The van der Waals surface area contributed by atoms with Crippen molar-refractivity contribution >= 4 is 12.0 Å². The fraction of sp³-hybridized carbons (Fsp3) is 0.833. The first kappa shape index (κ1) is 13.8. The monoisotopic (exact) mass is 242 g/mol. The van der Waals surface area contributed by atoms with E-state index >= 15 is 0 Å². The molecule has 0 unspecified atom stereocenters. The summed E-state index contributed by atoms with van der Waals surface area (Å²) < 4.78 is 0. The molecule has 0 heterocycles. The number of amides is 2. The minimum Gasteiger partial charge on any atom is -0.480 e. The number of hydrogen-bond donors (Lipinski definition) is 2. The van der Waals surface area contributed by atoms with Crippen LogP contribution in [-0.4, -0.2) is 41.6 Å². The molecule has 17 heavy (non-hydrogen) atoms. The highest BCUT2D eigenvalue weighted by atomic mass is 16.4. The Morgan fingerprint density at radius 1 is 1.35 bits per heavy atom. The summed E-state index contributed by atoms with van der Waals surface area (Å²) in [7, 11) is 0. The largest absolute Gasteiger partial charge is 0.480 e. The summed E-state index contributed by atoms with van der Waals surface area (Å²) in [6, 6.07) is -0.240. The van der Waals surface area contributed by atoms with Gasteiger partial charge in [-0.25, -0.2) is 4.79 Å². The van der Waals surface area contributed by atoms with Crippen LogP contribution in [0.3, 0.4) is 0 Å². The summed E-state index contributed by atoms with van der Waals surface area (Å²) in [6.45, 7) is 3.11. The summed E-state index contributed by atoms with van der Waals surface area (Å²) in [4.78, 5) is 23.8. The lowest BCUT2D eigenvalue weighted by molar-refractivity contribution is -0.137. The van der Waals surface area contributed by atoms with Gasteiger partial charge in [0, 0.05) is 13.1 Å². The molecule has 0 aliphatic heterocycles. The number of nitrogens with one attached hydrogen (secondary N) is 1. The first-order valence-electron chi connectivity index (χ1n) is 6.38. The van der Waals surface area contributed by atoms with E-state index in [1.165, 1.54) is 4.90 Å². The van der Waals surface area contributed by atoms with Gasteiger partial charge in [-0.15, -0.1) is 0 Å². The maximum absolute atomic E-state index is 11.8. The number of carboxylic acids is 1. The lowest BCUT2D eigenvalue weighted by Gasteiger charge is -2.21. The van der Waals surface area contributed by atoms with Crippen molar-refractivity contribution in [3.8, 4) is 0 Å². The summed E-state index contributed by atoms with van der Waals surface area (Å²) in [5.41, 5.74) is 0. The zero-order chi connectivity index (χ0) is 12.7. The Balaban J connectivity index is 2.27. The van der Waals surface area contributed by atoms with Gasteiger partial charge in [0.1, 0.15) is 6.54 Å². The Hall–Kier alpha value is -1.26. The highest BCUT2D eigenvalue weighted by Gasteiger charge is 2.27. The summed E-state index contributed by atoms with van der Waals surface area (Å²) in [5.74, 6) is -0.440. The fourth-order valence-corrected chi connectivity index (χ4v) is 1.68. The molecule has 1 aliphatic carbocycles. The number of carbonyl (C=O) groups excluding carboxylic acids is 1. The molecule has 0 aromatic carbocycles. The maximum Gasteiger partial charge on any atom is 0.323 e. The summed E-state index contributed by atoms with van der Waals surface area (Å²) in [6.07, 6.45) is 5.36. The molecular formula is C12H22N2O3. The molecule has 2 N–H and O–H groups in total. The third-order valence-electron chi connectivity index (χ3n) is 2.85. The molecule has 0 spiro atoms. The van der Waals surface area contributed by atoms with Crippen LogP contribution in [-0.2, 0) is 4.79 Å². The van der Waals surface area contributed by atoms with E-state index in [0.29, 0.717) is 19.0 Å². The van der Waals surface area contributed by atoms with Crippen LogP contribution in [0.1, 0.15) is 39.0 Å². The lowest BCUT2D eigenvalue weighted by Crippen LogP contribution is -2.44. The van der Waals surface area contributed by atoms with Crippen molar-refractivity contribution in [2.24, 2.45) is 5.92 Å². The summed E-state index contributed by atoms with van der Waals surface area (Å²) >= 11 is 0. The van der Waals surface area contributed by atoms with Gasteiger partial charge in [-0.3, -0.25) is 4.79 Å². The molecule has 0 atom stereocenters. The number of aliphatic carboxylic acids is 1. The van der Waals surface area contributed by atoms with Gasteiger partial charge in [-0.2, -0.15) is 0 Å². The molecule has 1 rings (SSSR count). The van der Waals surface area contributed by atoms with Gasteiger partial charge in [-0.1, -0.05) is 19.8 Å². The first-order chi connectivity index (χ1) is 8.13. The van der Waals surface area contributed by atoms with Gasteiger partial charge >= 0.3 is 12.0 Å². The molecule has 0 bridgehead atoms. The normalized spacial score (nSPS) is 14.4. The van der Waals surface area contributed by atoms with E-state index in [0.717, 1.165) is 32.1 Å². The number of rotatable bonds is 8. The van der Waals surface area contributed by atoms with Crippen molar-refractivity contribution < 1.29 is 14.7 Å². The second-order valence-corrected chi connectivity index (χ2v) is 4.66.